The zero-order valence-corrected chi connectivity index (χ0v) is 11.7. The van der Waals surface area contributed by atoms with Crippen LogP contribution in [0.4, 0.5) is 0 Å². The van der Waals surface area contributed by atoms with Gasteiger partial charge in [-0.2, -0.15) is 0 Å². The average molecular weight is 282 g/mol. The maximum Gasteiger partial charge on any atom is 0.0222 e. The molecule has 0 bridgehead atoms. The largest absolute Gasteiger partial charge is 0.310 e. The molecule has 0 aromatic heterocycles. The zero-order valence-electron chi connectivity index (χ0n) is 10.1. The molecular weight excluding hydrogens is 262 g/mol. The Labute approximate surface area is 107 Å². The van der Waals surface area contributed by atoms with E-state index in [4.69, 9.17) is 0 Å². The van der Waals surface area contributed by atoms with Crippen molar-refractivity contribution in [2.24, 2.45) is 5.92 Å². The van der Waals surface area contributed by atoms with Crippen molar-refractivity contribution in [3.8, 4) is 0 Å². The maximum absolute atomic E-state index is 3.68. The standard InChI is InChI=1S/C14H20BrN/c1-10-6-7-12(13(15)8-10)9-16-14-5-3-4-11(14)2/h6-8,11,14,16H,3-5,9H2,1-2H3. The van der Waals surface area contributed by atoms with Gasteiger partial charge in [-0.3, -0.25) is 0 Å². The Kier molecular flexibility index (Phi) is 4.04. The van der Waals surface area contributed by atoms with Gasteiger partial charge < -0.3 is 5.32 Å². The SMILES string of the molecule is Cc1ccc(CNC2CCCC2C)c(Br)c1. The lowest BCUT2D eigenvalue weighted by atomic mass is 10.1. The molecule has 0 aliphatic heterocycles. The maximum atomic E-state index is 3.68. The van der Waals surface area contributed by atoms with Crippen LogP contribution in [-0.2, 0) is 6.54 Å². The van der Waals surface area contributed by atoms with E-state index in [-0.39, 0.29) is 0 Å². The van der Waals surface area contributed by atoms with E-state index in [1.54, 1.807) is 0 Å². The van der Waals surface area contributed by atoms with E-state index in [2.05, 4.69) is 53.3 Å². The lowest BCUT2D eigenvalue weighted by Gasteiger charge is -2.17. The second-order valence-electron chi connectivity index (χ2n) is 4.99. The van der Waals surface area contributed by atoms with Gasteiger partial charge in [0.05, 0.1) is 0 Å². The van der Waals surface area contributed by atoms with Crippen LogP contribution in [0.25, 0.3) is 0 Å². The molecular formula is C14H20BrN. The van der Waals surface area contributed by atoms with Gasteiger partial charge in [-0.25, -0.2) is 0 Å². The molecule has 2 unspecified atom stereocenters. The van der Waals surface area contributed by atoms with Crippen LogP contribution >= 0.6 is 15.9 Å². The Morgan fingerprint density at radius 2 is 2.19 bits per heavy atom. The summed E-state index contributed by atoms with van der Waals surface area (Å²) in [6, 6.07) is 7.30. The minimum atomic E-state index is 0.716. The first kappa shape index (κ1) is 12.1. The third kappa shape index (κ3) is 2.86. The quantitative estimate of drug-likeness (QED) is 0.882. The summed E-state index contributed by atoms with van der Waals surface area (Å²) in [4.78, 5) is 0. The summed E-state index contributed by atoms with van der Waals surface area (Å²) in [5.41, 5.74) is 2.68. The molecule has 0 amide bonds. The molecule has 88 valence electrons. The van der Waals surface area contributed by atoms with Crippen molar-refractivity contribution in [1.29, 1.82) is 0 Å². The molecule has 0 saturated heterocycles. The number of rotatable bonds is 3. The second kappa shape index (κ2) is 5.33. The highest BCUT2D eigenvalue weighted by atomic mass is 79.9. The van der Waals surface area contributed by atoms with E-state index in [0.29, 0.717) is 6.04 Å². The van der Waals surface area contributed by atoms with Gasteiger partial charge in [-0.15, -0.1) is 0 Å². The van der Waals surface area contributed by atoms with E-state index in [9.17, 15) is 0 Å². The second-order valence-corrected chi connectivity index (χ2v) is 5.84. The van der Waals surface area contributed by atoms with Crippen LogP contribution in [0, 0.1) is 12.8 Å². The highest BCUT2D eigenvalue weighted by Crippen LogP contribution is 2.26. The summed E-state index contributed by atoms with van der Waals surface area (Å²) in [7, 11) is 0. The number of nitrogens with one attached hydrogen (secondary N) is 1. The topological polar surface area (TPSA) is 12.0 Å². The van der Waals surface area contributed by atoms with Gasteiger partial charge in [-0.1, -0.05) is 41.4 Å². The lowest BCUT2D eigenvalue weighted by molar-refractivity contribution is 0.425. The third-order valence-electron chi connectivity index (χ3n) is 3.62. The van der Waals surface area contributed by atoms with Crippen molar-refractivity contribution >= 4 is 15.9 Å². The average Bonchev–Trinajstić information content (AvgIpc) is 2.63. The van der Waals surface area contributed by atoms with Gasteiger partial charge in [-0.05, 0) is 42.9 Å². The lowest BCUT2D eigenvalue weighted by Crippen LogP contribution is -2.30. The normalized spacial score (nSPS) is 24.9. The minimum absolute atomic E-state index is 0.716. The Balaban J connectivity index is 1.94. The van der Waals surface area contributed by atoms with Gasteiger partial charge in [0.2, 0.25) is 0 Å². The van der Waals surface area contributed by atoms with Crippen LogP contribution < -0.4 is 5.32 Å². The minimum Gasteiger partial charge on any atom is -0.310 e. The first-order valence-electron chi connectivity index (χ1n) is 6.15. The highest BCUT2D eigenvalue weighted by Gasteiger charge is 2.22. The third-order valence-corrected chi connectivity index (χ3v) is 4.36. The fourth-order valence-corrected chi connectivity index (χ4v) is 3.12. The van der Waals surface area contributed by atoms with Gasteiger partial charge in [0.25, 0.3) is 0 Å². The molecule has 1 aliphatic carbocycles. The van der Waals surface area contributed by atoms with E-state index >= 15 is 0 Å². The fourth-order valence-electron chi connectivity index (χ4n) is 2.49. The zero-order chi connectivity index (χ0) is 11.5. The van der Waals surface area contributed by atoms with Crippen molar-refractivity contribution in [3.05, 3.63) is 33.8 Å². The molecule has 0 spiro atoms. The number of hydrogen-bond donors (Lipinski definition) is 1. The molecule has 1 aromatic carbocycles. The van der Waals surface area contributed by atoms with Crippen LogP contribution in [0.1, 0.15) is 37.3 Å². The van der Waals surface area contributed by atoms with Crippen LogP contribution in [0.3, 0.4) is 0 Å². The van der Waals surface area contributed by atoms with E-state index in [1.807, 2.05) is 0 Å². The van der Waals surface area contributed by atoms with E-state index in [0.717, 1.165) is 12.5 Å². The summed E-state index contributed by atoms with van der Waals surface area (Å²) in [5.74, 6) is 0.837. The Bertz CT molecular complexity index is 362. The predicted octanol–water partition coefficient (Wildman–Crippen LogP) is 4.04. The first-order valence-corrected chi connectivity index (χ1v) is 6.94. The van der Waals surface area contributed by atoms with E-state index in [1.165, 1.54) is 34.9 Å². The highest BCUT2D eigenvalue weighted by molar-refractivity contribution is 9.10. The summed E-state index contributed by atoms with van der Waals surface area (Å²) in [6.07, 6.45) is 4.10. The molecule has 1 aliphatic rings. The molecule has 1 saturated carbocycles. The Morgan fingerprint density at radius 1 is 1.38 bits per heavy atom. The van der Waals surface area contributed by atoms with E-state index < -0.39 is 0 Å². The summed E-state index contributed by atoms with van der Waals surface area (Å²) in [6.45, 7) is 5.46. The molecule has 1 fully saturated rings. The summed E-state index contributed by atoms with van der Waals surface area (Å²) in [5, 5.41) is 3.68. The number of aryl methyl sites for hydroxylation is 1. The van der Waals surface area contributed by atoms with Crippen molar-refractivity contribution in [2.45, 2.75) is 45.7 Å². The summed E-state index contributed by atoms with van der Waals surface area (Å²) >= 11 is 3.63. The van der Waals surface area contributed by atoms with Gasteiger partial charge >= 0.3 is 0 Å². The van der Waals surface area contributed by atoms with Crippen LogP contribution in [0.2, 0.25) is 0 Å². The molecule has 0 heterocycles. The molecule has 2 heteroatoms. The Morgan fingerprint density at radius 3 is 2.81 bits per heavy atom. The number of hydrogen-bond acceptors (Lipinski definition) is 1. The molecule has 1 aromatic rings. The number of benzene rings is 1. The van der Waals surface area contributed by atoms with Crippen LogP contribution in [-0.4, -0.2) is 6.04 Å². The van der Waals surface area contributed by atoms with Crippen molar-refractivity contribution < 1.29 is 0 Å². The van der Waals surface area contributed by atoms with Crippen molar-refractivity contribution in [1.82, 2.24) is 5.32 Å². The predicted molar refractivity (Wildman–Crippen MR) is 72.5 cm³/mol. The smallest absolute Gasteiger partial charge is 0.0222 e. The van der Waals surface area contributed by atoms with Crippen LogP contribution in [0.5, 0.6) is 0 Å². The van der Waals surface area contributed by atoms with Gasteiger partial charge in [0, 0.05) is 17.1 Å². The molecule has 2 rings (SSSR count). The van der Waals surface area contributed by atoms with Gasteiger partial charge in [0.15, 0.2) is 0 Å². The van der Waals surface area contributed by atoms with Gasteiger partial charge in [0.1, 0.15) is 0 Å². The molecule has 16 heavy (non-hydrogen) atoms. The molecule has 2 atom stereocenters. The molecule has 1 nitrogen and oxygen atoms in total. The Hall–Kier alpha value is -0.340. The van der Waals surface area contributed by atoms with Crippen molar-refractivity contribution in [2.75, 3.05) is 0 Å². The van der Waals surface area contributed by atoms with Crippen LogP contribution in [0.15, 0.2) is 22.7 Å². The monoisotopic (exact) mass is 281 g/mol. The van der Waals surface area contributed by atoms with Crippen molar-refractivity contribution in [3.63, 3.8) is 0 Å². The fraction of sp³-hybridized carbons (Fsp3) is 0.571. The molecule has 1 N–H and O–H groups in total. The number of halogens is 1. The molecule has 0 radical (unpaired) electrons. The summed E-state index contributed by atoms with van der Waals surface area (Å²) < 4.78 is 1.23. The first-order chi connectivity index (χ1) is 7.66.